The highest BCUT2D eigenvalue weighted by molar-refractivity contribution is 5.65. The summed E-state index contributed by atoms with van der Waals surface area (Å²) in [7, 11) is 1.69. The van der Waals surface area contributed by atoms with Gasteiger partial charge in [0.1, 0.15) is 11.4 Å². The molecular weight excluding hydrogens is 338 g/mol. The summed E-state index contributed by atoms with van der Waals surface area (Å²) < 4.78 is 9.82. The van der Waals surface area contributed by atoms with Crippen LogP contribution in [0.15, 0.2) is 24.3 Å². The van der Waals surface area contributed by atoms with Crippen molar-refractivity contribution in [1.29, 1.82) is 0 Å². The second-order valence-corrected chi connectivity index (χ2v) is 7.49. The Morgan fingerprint density at radius 2 is 1.81 bits per heavy atom. The van der Waals surface area contributed by atoms with Crippen LogP contribution in [0, 0.1) is 0 Å². The number of hydrogen-bond donors (Lipinski definition) is 0. The minimum atomic E-state index is 0.506. The molecule has 5 rings (SSSR count). The van der Waals surface area contributed by atoms with Crippen molar-refractivity contribution in [3.05, 3.63) is 35.5 Å². The van der Waals surface area contributed by atoms with Crippen molar-refractivity contribution in [2.45, 2.75) is 58.0 Å². The molecule has 0 unspecified atom stereocenters. The van der Waals surface area contributed by atoms with E-state index in [0.717, 1.165) is 42.3 Å². The average Bonchev–Trinajstić information content (AvgIpc) is 3.44. The lowest BCUT2D eigenvalue weighted by atomic mass is 10.0. The SMILES string of the molecule is CCc1nn(C2CCCC2)c2c1CCn1c(-c3ccc(OC)cc3)nnc1-2. The maximum absolute atomic E-state index is 5.28. The van der Waals surface area contributed by atoms with Gasteiger partial charge in [-0.3, -0.25) is 4.68 Å². The second-order valence-electron chi connectivity index (χ2n) is 7.49. The van der Waals surface area contributed by atoms with E-state index in [1.54, 1.807) is 7.11 Å². The van der Waals surface area contributed by atoms with Gasteiger partial charge in [-0.15, -0.1) is 10.2 Å². The van der Waals surface area contributed by atoms with E-state index >= 15 is 0 Å². The fourth-order valence-electron chi connectivity index (χ4n) is 4.58. The molecule has 1 saturated carbocycles. The number of hydrogen-bond acceptors (Lipinski definition) is 4. The van der Waals surface area contributed by atoms with Gasteiger partial charge in [-0.05, 0) is 49.9 Å². The van der Waals surface area contributed by atoms with Gasteiger partial charge in [0.05, 0.1) is 18.8 Å². The van der Waals surface area contributed by atoms with Crippen LogP contribution >= 0.6 is 0 Å². The Morgan fingerprint density at radius 3 is 2.52 bits per heavy atom. The zero-order valence-corrected chi connectivity index (χ0v) is 16.0. The smallest absolute Gasteiger partial charge is 0.182 e. The quantitative estimate of drug-likeness (QED) is 0.702. The van der Waals surface area contributed by atoms with Crippen LogP contribution in [0.3, 0.4) is 0 Å². The molecule has 2 aliphatic rings. The van der Waals surface area contributed by atoms with Gasteiger partial charge in [-0.1, -0.05) is 19.8 Å². The number of nitrogens with zero attached hydrogens (tertiary/aromatic N) is 5. The summed E-state index contributed by atoms with van der Waals surface area (Å²) >= 11 is 0. The minimum Gasteiger partial charge on any atom is -0.497 e. The Bertz CT molecular complexity index is 963. The number of aromatic nitrogens is 5. The van der Waals surface area contributed by atoms with Crippen molar-refractivity contribution >= 4 is 0 Å². The number of aryl methyl sites for hydroxylation is 1. The van der Waals surface area contributed by atoms with E-state index in [-0.39, 0.29) is 0 Å². The first kappa shape index (κ1) is 16.5. The highest BCUT2D eigenvalue weighted by Gasteiger charge is 2.32. The van der Waals surface area contributed by atoms with Crippen LogP contribution in [-0.4, -0.2) is 31.7 Å². The highest BCUT2D eigenvalue weighted by Crippen LogP contribution is 2.39. The monoisotopic (exact) mass is 363 g/mol. The van der Waals surface area contributed by atoms with Crippen LogP contribution in [0.5, 0.6) is 5.75 Å². The maximum atomic E-state index is 5.28. The van der Waals surface area contributed by atoms with Gasteiger partial charge in [0, 0.05) is 17.7 Å². The molecule has 6 nitrogen and oxygen atoms in total. The minimum absolute atomic E-state index is 0.506. The van der Waals surface area contributed by atoms with Crippen LogP contribution < -0.4 is 4.74 Å². The second kappa shape index (κ2) is 6.51. The average molecular weight is 363 g/mol. The van der Waals surface area contributed by atoms with Gasteiger partial charge in [0.25, 0.3) is 0 Å². The van der Waals surface area contributed by atoms with E-state index in [0.29, 0.717) is 6.04 Å². The molecule has 2 aromatic heterocycles. The number of methoxy groups -OCH3 is 1. The Hall–Kier alpha value is -2.63. The molecule has 3 aromatic rings. The lowest BCUT2D eigenvalue weighted by Crippen LogP contribution is -2.16. The molecule has 6 heteroatoms. The van der Waals surface area contributed by atoms with Crippen molar-refractivity contribution in [2.24, 2.45) is 0 Å². The lowest BCUT2D eigenvalue weighted by Gasteiger charge is -2.20. The van der Waals surface area contributed by atoms with Gasteiger partial charge in [0.15, 0.2) is 11.6 Å². The summed E-state index contributed by atoms with van der Waals surface area (Å²) in [6.45, 7) is 3.10. The van der Waals surface area contributed by atoms with Crippen molar-refractivity contribution in [1.82, 2.24) is 24.5 Å². The molecule has 0 N–H and O–H groups in total. The molecule has 0 saturated heterocycles. The molecule has 0 radical (unpaired) electrons. The van der Waals surface area contributed by atoms with E-state index < -0.39 is 0 Å². The predicted octanol–water partition coefficient (Wildman–Crippen LogP) is 4.05. The molecule has 0 spiro atoms. The molecular formula is C21H25N5O. The summed E-state index contributed by atoms with van der Waals surface area (Å²) in [5.41, 5.74) is 4.89. The summed E-state index contributed by atoms with van der Waals surface area (Å²) in [5.74, 6) is 2.75. The van der Waals surface area contributed by atoms with Crippen molar-refractivity contribution in [2.75, 3.05) is 7.11 Å². The maximum Gasteiger partial charge on any atom is 0.182 e. The van der Waals surface area contributed by atoms with E-state index in [4.69, 9.17) is 9.84 Å². The summed E-state index contributed by atoms with van der Waals surface area (Å²) in [4.78, 5) is 0. The first-order valence-electron chi connectivity index (χ1n) is 9.98. The molecule has 0 atom stereocenters. The largest absolute Gasteiger partial charge is 0.497 e. The van der Waals surface area contributed by atoms with Gasteiger partial charge >= 0.3 is 0 Å². The zero-order valence-electron chi connectivity index (χ0n) is 16.0. The molecule has 1 aromatic carbocycles. The third-order valence-corrected chi connectivity index (χ3v) is 5.99. The van der Waals surface area contributed by atoms with E-state index in [9.17, 15) is 0 Å². The number of fused-ring (bicyclic) bond motifs is 3. The number of rotatable bonds is 4. The molecule has 0 bridgehead atoms. The molecule has 3 heterocycles. The summed E-state index contributed by atoms with van der Waals surface area (Å²) in [6.07, 6.45) is 7.00. The van der Waals surface area contributed by atoms with E-state index in [2.05, 4.69) is 38.5 Å². The number of ether oxygens (including phenoxy) is 1. The predicted molar refractivity (Wildman–Crippen MR) is 104 cm³/mol. The topological polar surface area (TPSA) is 57.8 Å². The summed E-state index contributed by atoms with van der Waals surface area (Å²) in [5, 5.41) is 14.2. The fraction of sp³-hybridized carbons (Fsp3) is 0.476. The van der Waals surface area contributed by atoms with Crippen LogP contribution in [0.25, 0.3) is 22.9 Å². The molecule has 140 valence electrons. The Labute approximate surface area is 159 Å². The van der Waals surface area contributed by atoms with Crippen molar-refractivity contribution in [3.63, 3.8) is 0 Å². The normalized spacial score (nSPS) is 16.4. The number of benzene rings is 1. The molecule has 1 aliphatic carbocycles. The van der Waals surface area contributed by atoms with E-state index in [1.165, 1.54) is 42.6 Å². The van der Waals surface area contributed by atoms with Crippen LogP contribution in [0.4, 0.5) is 0 Å². The van der Waals surface area contributed by atoms with E-state index in [1.807, 2.05) is 12.1 Å². The standard InChI is InChI=1S/C21H25N5O/c1-3-18-17-12-13-25-20(14-8-10-16(27-2)11-9-14)22-23-21(25)19(17)26(24-18)15-6-4-5-7-15/h8-11,15H,3-7,12-13H2,1-2H3. The first-order chi connectivity index (χ1) is 13.3. The zero-order chi connectivity index (χ0) is 18.4. The van der Waals surface area contributed by atoms with Gasteiger partial charge in [-0.2, -0.15) is 5.10 Å². The Morgan fingerprint density at radius 1 is 1.07 bits per heavy atom. The van der Waals surface area contributed by atoms with Crippen LogP contribution in [0.2, 0.25) is 0 Å². The fourth-order valence-corrected chi connectivity index (χ4v) is 4.58. The molecule has 27 heavy (non-hydrogen) atoms. The third kappa shape index (κ3) is 2.58. The summed E-state index contributed by atoms with van der Waals surface area (Å²) in [6, 6.07) is 8.56. The highest BCUT2D eigenvalue weighted by atomic mass is 16.5. The molecule has 1 fully saturated rings. The lowest BCUT2D eigenvalue weighted by molar-refractivity contribution is 0.415. The van der Waals surface area contributed by atoms with Gasteiger partial charge in [-0.25, -0.2) is 0 Å². The first-order valence-corrected chi connectivity index (χ1v) is 9.98. The third-order valence-electron chi connectivity index (χ3n) is 5.99. The molecule has 1 aliphatic heterocycles. The van der Waals surface area contributed by atoms with Crippen LogP contribution in [-0.2, 0) is 19.4 Å². The Balaban J connectivity index is 1.62. The van der Waals surface area contributed by atoms with Gasteiger partial charge < -0.3 is 9.30 Å². The van der Waals surface area contributed by atoms with Crippen LogP contribution in [0.1, 0.15) is 49.9 Å². The van der Waals surface area contributed by atoms with Crippen molar-refractivity contribution < 1.29 is 4.74 Å². The van der Waals surface area contributed by atoms with Gasteiger partial charge in [0.2, 0.25) is 0 Å². The van der Waals surface area contributed by atoms with Crippen molar-refractivity contribution in [3.8, 4) is 28.7 Å². The Kier molecular flexibility index (Phi) is 3.99. The molecule has 0 amide bonds.